The largest absolute Gasteiger partial charge is 0.337 e. The lowest BCUT2D eigenvalue weighted by Gasteiger charge is -2.13. The van der Waals surface area contributed by atoms with E-state index in [2.05, 4.69) is 26.1 Å². The normalized spacial score (nSPS) is 14.3. The van der Waals surface area contributed by atoms with E-state index in [4.69, 9.17) is 4.52 Å². The second-order valence-electron chi connectivity index (χ2n) is 4.99. The van der Waals surface area contributed by atoms with Crippen LogP contribution in [0.4, 0.5) is 0 Å². The van der Waals surface area contributed by atoms with Gasteiger partial charge in [-0.15, -0.1) is 0 Å². The second-order valence-corrected chi connectivity index (χ2v) is 5.91. The maximum Gasteiger partial charge on any atom is 0.246 e. The first kappa shape index (κ1) is 13.3. The lowest BCUT2D eigenvalue weighted by atomic mass is 10.2. The Balaban J connectivity index is 1.71. The summed E-state index contributed by atoms with van der Waals surface area (Å²) in [6.45, 7) is 0.357. The molecule has 1 fully saturated rings. The van der Waals surface area contributed by atoms with Crippen LogP contribution in [-0.4, -0.2) is 28.0 Å². The number of halogens is 1. The number of carbonyl (C=O) groups is 1. The van der Waals surface area contributed by atoms with Crippen molar-refractivity contribution in [3.8, 4) is 11.4 Å². The molecule has 0 saturated heterocycles. The Labute approximate surface area is 125 Å². The summed E-state index contributed by atoms with van der Waals surface area (Å²) in [5, 5.41) is 3.96. The Morgan fingerprint density at radius 3 is 3.00 bits per heavy atom. The molecule has 1 aliphatic rings. The SMILES string of the molecule is CN(Cc1nc(-c2cccc(Br)c2)no1)C(=O)C1CC1. The maximum atomic E-state index is 11.9. The molecule has 6 heteroatoms. The van der Waals surface area contributed by atoms with Gasteiger partial charge in [0.1, 0.15) is 0 Å². The van der Waals surface area contributed by atoms with Crippen molar-refractivity contribution >= 4 is 21.8 Å². The van der Waals surface area contributed by atoms with Gasteiger partial charge in [-0.2, -0.15) is 4.98 Å². The van der Waals surface area contributed by atoms with Crippen LogP contribution in [0.25, 0.3) is 11.4 Å². The summed E-state index contributed by atoms with van der Waals surface area (Å²) in [4.78, 5) is 17.8. The van der Waals surface area contributed by atoms with Crippen LogP contribution in [-0.2, 0) is 11.3 Å². The van der Waals surface area contributed by atoms with Crippen LogP contribution >= 0.6 is 15.9 Å². The van der Waals surface area contributed by atoms with Gasteiger partial charge in [-0.05, 0) is 25.0 Å². The Morgan fingerprint density at radius 1 is 1.50 bits per heavy atom. The van der Waals surface area contributed by atoms with E-state index in [-0.39, 0.29) is 11.8 Å². The average Bonchev–Trinajstić information content (AvgIpc) is 3.18. The van der Waals surface area contributed by atoms with Gasteiger partial charge in [0.15, 0.2) is 0 Å². The molecular formula is C14H14BrN3O2. The number of amides is 1. The number of hydrogen-bond donors (Lipinski definition) is 0. The van der Waals surface area contributed by atoms with Gasteiger partial charge >= 0.3 is 0 Å². The standard InChI is InChI=1S/C14H14BrN3O2/c1-18(14(19)9-5-6-9)8-12-16-13(17-20-12)10-3-2-4-11(15)7-10/h2-4,7,9H,5-6,8H2,1H3. The summed E-state index contributed by atoms with van der Waals surface area (Å²) in [6.07, 6.45) is 1.99. The van der Waals surface area contributed by atoms with Crippen LogP contribution in [0.15, 0.2) is 33.3 Å². The lowest BCUT2D eigenvalue weighted by molar-refractivity contribution is -0.132. The topological polar surface area (TPSA) is 59.2 Å². The number of carbonyl (C=O) groups excluding carboxylic acids is 1. The number of rotatable bonds is 4. The minimum atomic E-state index is 0.159. The average molecular weight is 336 g/mol. The fraction of sp³-hybridized carbons (Fsp3) is 0.357. The van der Waals surface area contributed by atoms with Gasteiger partial charge < -0.3 is 9.42 Å². The Morgan fingerprint density at radius 2 is 2.30 bits per heavy atom. The van der Waals surface area contributed by atoms with Gasteiger partial charge in [0, 0.05) is 23.0 Å². The third kappa shape index (κ3) is 2.90. The molecular weight excluding hydrogens is 322 g/mol. The molecule has 1 aromatic carbocycles. The third-order valence-electron chi connectivity index (χ3n) is 3.23. The van der Waals surface area contributed by atoms with E-state index in [0.717, 1.165) is 22.9 Å². The summed E-state index contributed by atoms with van der Waals surface area (Å²) in [6, 6.07) is 7.69. The molecule has 3 rings (SSSR count). The molecule has 1 saturated carbocycles. The summed E-state index contributed by atoms with van der Waals surface area (Å²) in [5.41, 5.74) is 0.880. The molecule has 0 aliphatic heterocycles. The molecule has 1 heterocycles. The summed E-state index contributed by atoms with van der Waals surface area (Å²) in [5.74, 6) is 1.35. The molecule has 0 radical (unpaired) electrons. The van der Waals surface area contributed by atoms with Gasteiger partial charge in [0.05, 0.1) is 6.54 Å². The van der Waals surface area contributed by atoms with E-state index in [1.165, 1.54) is 0 Å². The summed E-state index contributed by atoms with van der Waals surface area (Å²) >= 11 is 3.41. The van der Waals surface area contributed by atoms with Gasteiger partial charge in [-0.25, -0.2) is 0 Å². The number of aromatic nitrogens is 2. The van der Waals surface area contributed by atoms with E-state index in [1.54, 1.807) is 11.9 Å². The van der Waals surface area contributed by atoms with Gasteiger partial charge in [0.2, 0.25) is 17.6 Å². The predicted molar refractivity (Wildman–Crippen MR) is 76.6 cm³/mol. The summed E-state index contributed by atoms with van der Waals surface area (Å²) in [7, 11) is 1.77. The first-order valence-corrected chi connectivity index (χ1v) is 7.26. The van der Waals surface area contributed by atoms with E-state index in [0.29, 0.717) is 18.3 Å². The van der Waals surface area contributed by atoms with Crippen LogP contribution in [0, 0.1) is 5.92 Å². The van der Waals surface area contributed by atoms with Crippen LogP contribution in [0.5, 0.6) is 0 Å². The highest BCUT2D eigenvalue weighted by atomic mass is 79.9. The minimum absolute atomic E-state index is 0.159. The zero-order chi connectivity index (χ0) is 14.1. The van der Waals surface area contributed by atoms with Gasteiger partial charge in [-0.3, -0.25) is 4.79 Å². The fourth-order valence-corrected chi connectivity index (χ4v) is 2.39. The molecule has 0 spiro atoms. The van der Waals surface area contributed by atoms with Crippen LogP contribution in [0.2, 0.25) is 0 Å². The molecule has 2 aromatic rings. The molecule has 1 amide bonds. The maximum absolute atomic E-state index is 11.9. The Kier molecular flexibility index (Phi) is 3.56. The zero-order valence-corrected chi connectivity index (χ0v) is 12.6. The van der Waals surface area contributed by atoms with Crippen molar-refractivity contribution in [3.05, 3.63) is 34.6 Å². The van der Waals surface area contributed by atoms with Gasteiger partial charge in [-0.1, -0.05) is 33.2 Å². The smallest absolute Gasteiger partial charge is 0.246 e. The van der Waals surface area contributed by atoms with Crippen molar-refractivity contribution in [2.45, 2.75) is 19.4 Å². The molecule has 0 unspecified atom stereocenters. The van der Waals surface area contributed by atoms with E-state index < -0.39 is 0 Å². The van der Waals surface area contributed by atoms with Crippen molar-refractivity contribution in [1.29, 1.82) is 0 Å². The highest BCUT2D eigenvalue weighted by molar-refractivity contribution is 9.10. The fourth-order valence-electron chi connectivity index (χ4n) is 1.99. The molecule has 0 atom stereocenters. The minimum Gasteiger partial charge on any atom is -0.337 e. The number of benzene rings is 1. The molecule has 104 valence electrons. The second kappa shape index (κ2) is 5.36. The molecule has 0 N–H and O–H groups in total. The van der Waals surface area contributed by atoms with Crippen LogP contribution in [0.1, 0.15) is 18.7 Å². The molecule has 1 aliphatic carbocycles. The van der Waals surface area contributed by atoms with Crippen molar-refractivity contribution in [1.82, 2.24) is 15.0 Å². The first-order valence-electron chi connectivity index (χ1n) is 6.47. The van der Waals surface area contributed by atoms with E-state index in [9.17, 15) is 4.79 Å². The number of hydrogen-bond acceptors (Lipinski definition) is 4. The Hall–Kier alpha value is -1.69. The molecule has 1 aromatic heterocycles. The zero-order valence-electron chi connectivity index (χ0n) is 11.0. The Bertz CT molecular complexity index is 637. The molecule has 20 heavy (non-hydrogen) atoms. The van der Waals surface area contributed by atoms with Crippen LogP contribution in [0.3, 0.4) is 0 Å². The molecule has 5 nitrogen and oxygen atoms in total. The van der Waals surface area contributed by atoms with E-state index in [1.807, 2.05) is 24.3 Å². The van der Waals surface area contributed by atoms with Crippen molar-refractivity contribution in [2.75, 3.05) is 7.05 Å². The highest BCUT2D eigenvalue weighted by Crippen LogP contribution is 2.31. The third-order valence-corrected chi connectivity index (χ3v) is 3.72. The van der Waals surface area contributed by atoms with Crippen molar-refractivity contribution in [3.63, 3.8) is 0 Å². The predicted octanol–water partition coefficient (Wildman–Crippen LogP) is 2.87. The van der Waals surface area contributed by atoms with Crippen molar-refractivity contribution < 1.29 is 9.32 Å². The monoisotopic (exact) mass is 335 g/mol. The van der Waals surface area contributed by atoms with Crippen LogP contribution < -0.4 is 0 Å². The van der Waals surface area contributed by atoms with Crippen molar-refractivity contribution in [2.24, 2.45) is 5.92 Å². The highest BCUT2D eigenvalue weighted by Gasteiger charge is 2.32. The van der Waals surface area contributed by atoms with E-state index >= 15 is 0 Å². The summed E-state index contributed by atoms with van der Waals surface area (Å²) < 4.78 is 6.17. The van der Waals surface area contributed by atoms with Gasteiger partial charge in [0.25, 0.3) is 0 Å². The quantitative estimate of drug-likeness (QED) is 0.861. The molecule has 0 bridgehead atoms. The lowest BCUT2D eigenvalue weighted by Crippen LogP contribution is -2.27. The number of nitrogens with zero attached hydrogens (tertiary/aromatic N) is 3. The first-order chi connectivity index (χ1) is 9.63.